The third-order valence-corrected chi connectivity index (χ3v) is 5.40. The highest BCUT2D eigenvalue weighted by molar-refractivity contribution is 7.99. The molecular formula is C22H23ClN4O2S. The van der Waals surface area contributed by atoms with Gasteiger partial charge in [-0.15, -0.1) is 16.8 Å². The Morgan fingerprint density at radius 3 is 2.77 bits per heavy atom. The van der Waals surface area contributed by atoms with E-state index in [0.29, 0.717) is 28.2 Å². The zero-order valence-electron chi connectivity index (χ0n) is 16.8. The molecule has 0 aliphatic carbocycles. The summed E-state index contributed by atoms with van der Waals surface area (Å²) in [5, 5.41) is 12.6. The molecule has 0 spiro atoms. The van der Waals surface area contributed by atoms with Crippen LogP contribution in [0.15, 0.2) is 66.3 Å². The number of benzene rings is 2. The standard InChI is InChI=1S/C22H23ClN4O2S/c1-4-12-27-21(16(3)29-19-10-8-15(2)9-11-19)25-26-22(27)30-14-20(28)24-18-7-5-6-17(23)13-18/h4-11,13,16H,1,12,14H2,2-3H3,(H,24,28). The van der Waals surface area contributed by atoms with Crippen LogP contribution in [0.3, 0.4) is 0 Å². The number of allylic oxidation sites excluding steroid dienone is 1. The van der Waals surface area contributed by atoms with Gasteiger partial charge in [-0.05, 0) is 44.2 Å². The Bertz CT molecular complexity index is 1020. The number of rotatable bonds is 9. The van der Waals surface area contributed by atoms with Gasteiger partial charge in [-0.3, -0.25) is 9.36 Å². The number of anilines is 1. The van der Waals surface area contributed by atoms with Crippen molar-refractivity contribution in [3.8, 4) is 5.75 Å². The van der Waals surface area contributed by atoms with Crippen LogP contribution in [0.4, 0.5) is 5.69 Å². The second kappa shape index (κ2) is 10.3. The Morgan fingerprint density at radius 1 is 1.30 bits per heavy atom. The van der Waals surface area contributed by atoms with E-state index < -0.39 is 0 Å². The number of thioether (sulfide) groups is 1. The number of aryl methyl sites for hydroxylation is 1. The van der Waals surface area contributed by atoms with Gasteiger partial charge >= 0.3 is 0 Å². The first-order valence-corrected chi connectivity index (χ1v) is 10.8. The minimum absolute atomic E-state index is 0.152. The van der Waals surface area contributed by atoms with Crippen LogP contribution in [0.25, 0.3) is 0 Å². The molecule has 30 heavy (non-hydrogen) atoms. The van der Waals surface area contributed by atoms with E-state index in [0.717, 1.165) is 5.75 Å². The second-order valence-corrected chi connectivity index (χ2v) is 8.04. The summed E-state index contributed by atoms with van der Waals surface area (Å²) >= 11 is 7.26. The van der Waals surface area contributed by atoms with Crippen LogP contribution in [-0.4, -0.2) is 26.4 Å². The molecule has 0 aliphatic heterocycles. The fraction of sp³-hybridized carbons (Fsp3) is 0.227. The molecule has 0 bridgehead atoms. The van der Waals surface area contributed by atoms with E-state index in [1.54, 1.807) is 30.3 Å². The zero-order chi connectivity index (χ0) is 21.5. The molecule has 6 nitrogen and oxygen atoms in total. The largest absolute Gasteiger partial charge is 0.483 e. The zero-order valence-corrected chi connectivity index (χ0v) is 18.4. The van der Waals surface area contributed by atoms with Crippen molar-refractivity contribution in [2.24, 2.45) is 0 Å². The highest BCUT2D eigenvalue weighted by atomic mass is 35.5. The molecule has 0 fully saturated rings. The molecule has 0 saturated heterocycles. The molecule has 0 saturated carbocycles. The Morgan fingerprint density at radius 2 is 2.07 bits per heavy atom. The van der Waals surface area contributed by atoms with E-state index in [2.05, 4.69) is 22.1 Å². The molecule has 1 amide bonds. The SMILES string of the molecule is C=CCn1c(SCC(=O)Nc2cccc(Cl)c2)nnc1C(C)Oc1ccc(C)cc1. The number of amides is 1. The molecular weight excluding hydrogens is 420 g/mol. The van der Waals surface area contributed by atoms with Gasteiger partial charge in [0.2, 0.25) is 5.91 Å². The summed E-state index contributed by atoms with van der Waals surface area (Å²) in [6.45, 7) is 8.28. The maximum atomic E-state index is 12.3. The minimum atomic E-state index is -0.310. The molecule has 156 valence electrons. The monoisotopic (exact) mass is 442 g/mol. The van der Waals surface area contributed by atoms with Crippen LogP contribution in [0.5, 0.6) is 5.75 Å². The van der Waals surface area contributed by atoms with E-state index in [1.807, 2.05) is 42.7 Å². The van der Waals surface area contributed by atoms with Crippen molar-refractivity contribution in [3.63, 3.8) is 0 Å². The van der Waals surface area contributed by atoms with Gasteiger partial charge in [0.15, 0.2) is 17.1 Å². The quantitative estimate of drug-likeness (QED) is 0.360. The molecule has 1 atom stereocenters. The van der Waals surface area contributed by atoms with E-state index in [4.69, 9.17) is 16.3 Å². The highest BCUT2D eigenvalue weighted by Gasteiger charge is 2.19. The third-order valence-electron chi connectivity index (χ3n) is 4.20. The van der Waals surface area contributed by atoms with E-state index in [-0.39, 0.29) is 17.8 Å². The minimum Gasteiger partial charge on any atom is -0.483 e. The van der Waals surface area contributed by atoms with Gasteiger partial charge in [0, 0.05) is 17.3 Å². The number of aromatic nitrogens is 3. The van der Waals surface area contributed by atoms with Crippen molar-refractivity contribution < 1.29 is 9.53 Å². The molecule has 3 rings (SSSR count). The number of nitrogens with zero attached hydrogens (tertiary/aromatic N) is 3. The average Bonchev–Trinajstić information content (AvgIpc) is 3.11. The number of ether oxygens (including phenoxy) is 1. The van der Waals surface area contributed by atoms with Crippen molar-refractivity contribution in [1.29, 1.82) is 0 Å². The fourth-order valence-corrected chi connectivity index (χ4v) is 3.72. The Kier molecular flexibility index (Phi) is 7.54. The molecule has 8 heteroatoms. The molecule has 2 aromatic carbocycles. The van der Waals surface area contributed by atoms with E-state index >= 15 is 0 Å². The topological polar surface area (TPSA) is 69.0 Å². The van der Waals surface area contributed by atoms with Crippen LogP contribution in [0, 0.1) is 6.92 Å². The van der Waals surface area contributed by atoms with Gasteiger partial charge in [-0.2, -0.15) is 0 Å². The lowest BCUT2D eigenvalue weighted by atomic mass is 10.2. The van der Waals surface area contributed by atoms with Gasteiger partial charge in [0.1, 0.15) is 5.75 Å². The van der Waals surface area contributed by atoms with Crippen LogP contribution in [0.2, 0.25) is 5.02 Å². The Labute approximate surface area is 185 Å². The van der Waals surface area contributed by atoms with E-state index in [1.165, 1.54) is 17.3 Å². The fourth-order valence-electron chi connectivity index (χ4n) is 2.78. The van der Waals surface area contributed by atoms with Crippen molar-refractivity contribution in [1.82, 2.24) is 14.8 Å². The summed E-state index contributed by atoms with van der Waals surface area (Å²) in [6.07, 6.45) is 1.46. The third kappa shape index (κ3) is 5.87. The van der Waals surface area contributed by atoms with Crippen LogP contribution < -0.4 is 10.1 Å². The predicted molar refractivity (Wildman–Crippen MR) is 121 cm³/mol. The van der Waals surface area contributed by atoms with Gasteiger partial charge in [-0.25, -0.2) is 0 Å². The molecule has 1 heterocycles. The van der Waals surface area contributed by atoms with E-state index in [9.17, 15) is 4.79 Å². The number of hydrogen-bond acceptors (Lipinski definition) is 5. The molecule has 1 aromatic heterocycles. The summed E-state index contributed by atoms with van der Waals surface area (Å²) < 4.78 is 7.92. The summed E-state index contributed by atoms with van der Waals surface area (Å²) in [5.41, 5.74) is 1.82. The lowest BCUT2D eigenvalue weighted by Crippen LogP contribution is -2.15. The number of halogens is 1. The molecule has 0 aliphatic rings. The first kappa shape index (κ1) is 21.9. The van der Waals surface area contributed by atoms with Crippen molar-refractivity contribution in [3.05, 3.63) is 77.6 Å². The van der Waals surface area contributed by atoms with Crippen molar-refractivity contribution >= 4 is 35.0 Å². The summed E-state index contributed by atoms with van der Waals surface area (Å²) in [5.74, 6) is 1.47. The highest BCUT2D eigenvalue weighted by Crippen LogP contribution is 2.25. The van der Waals surface area contributed by atoms with Crippen LogP contribution in [-0.2, 0) is 11.3 Å². The number of carbonyl (C=O) groups is 1. The van der Waals surface area contributed by atoms with Crippen molar-refractivity contribution in [2.75, 3.05) is 11.1 Å². The molecule has 1 N–H and O–H groups in total. The maximum Gasteiger partial charge on any atom is 0.234 e. The first-order chi connectivity index (χ1) is 14.5. The summed E-state index contributed by atoms with van der Waals surface area (Å²) in [6, 6.07) is 14.9. The maximum absolute atomic E-state index is 12.3. The van der Waals surface area contributed by atoms with Gasteiger partial charge in [0.25, 0.3) is 0 Å². The first-order valence-electron chi connectivity index (χ1n) is 9.42. The lowest BCUT2D eigenvalue weighted by Gasteiger charge is -2.16. The van der Waals surface area contributed by atoms with Crippen LogP contribution in [0.1, 0.15) is 24.4 Å². The van der Waals surface area contributed by atoms with Gasteiger partial charge < -0.3 is 10.1 Å². The van der Waals surface area contributed by atoms with Gasteiger partial charge in [-0.1, -0.05) is 53.2 Å². The lowest BCUT2D eigenvalue weighted by molar-refractivity contribution is -0.113. The molecule has 1 unspecified atom stereocenters. The molecule has 3 aromatic rings. The average molecular weight is 443 g/mol. The summed E-state index contributed by atoms with van der Waals surface area (Å²) in [4.78, 5) is 12.3. The molecule has 0 radical (unpaired) electrons. The number of hydrogen-bond donors (Lipinski definition) is 1. The van der Waals surface area contributed by atoms with Crippen molar-refractivity contribution in [2.45, 2.75) is 31.7 Å². The van der Waals surface area contributed by atoms with Crippen LogP contribution >= 0.6 is 23.4 Å². The second-order valence-electron chi connectivity index (χ2n) is 6.66. The predicted octanol–water partition coefficient (Wildman–Crippen LogP) is 5.30. The summed E-state index contributed by atoms with van der Waals surface area (Å²) in [7, 11) is 0. The normalized spacial score (nSPS) is 11.7. The van der Waals surface area contributed by atoms with Gasteiger partial charge in [0.05, 0.1) is 5.75 Å². The Balaban J connectivity index is 1.66. The Hall–Kier alpha value is -2.77. The smallest absolute Gasteiger partial charge is 0.234 e. The number of carbonyl (C=O) groups excluding carboxylic acids is 1. The number of nitrogens with one attached hydrogen (secondary N) is 1.